The summed E-state index contributed by atoms with van der Waals surface area (Å²) in [7, 11) is 0. The van der Waals surface area contributed by atoms with Crippen LogP contribution < -0.4 is 31.5 Å². The summed E-state index contributed by atoms with van der Waals surface area (Å²) < 4.78 is 5.60. The lowest BCUT2D eigenvalue weighted by Crippen LogP contribution is -2.57. The number of carbonyl (C=O) groups excluding carboxylic acids is 5. The molecule has 6 N–H and O–H groups in total. The monoisotopic (exact) mass is 1400 g/mol. The number of nitrogens with one attached hydrogen (secondary N) is 5. The third-order valence-electron chi connectivity index (χ3n) is 20.0. The fourth-order valence-corrected chi connectivity index (χ4v) is 16.0. The molecular weight excluding hydrogens is 1300 g/mol. The molecule has 1 unspecified atom stereocenters. The van der Waals surface area contributed by atoms with Crippen molar-refractivity contribution in [2.75, 3.05) is 94.6 Å². The summed E-state index contributed by atoms with van der Waals surface area (Å²) >= 11 is 9.86. The molecule has 20 heteroatoms. The number of allylic oxidation sites excluding steroid dienone is 1. The van der Waals surface area contributed by atoms with Crippen LogP contribution in [0.5, 0.6) is 0 Å². The van der Waals surface area contributed by atoms with Crippen molar-refractivity contribution < 1.29 is 33.8 Å². The van der Waals surface area contributed by atoms with Crippen LogP contribution in [0.15, 0.2) is 137 Å². The molecule has 4 heterocycles. The van der Waals surface area contributed by atoms with Crippen LogP contribution in [0.4, 0.5) is 11.4 Å². The molecule has 6 atom stereocenters. The van der Waals surface area contributed by atoms with Gasteiger partial charge >= 0.3 is 0 Å². The number of rotatable bonds is 30. The highest BCUT2D eigenvalue weighted by Crippen LogP contribution is 2.43. The number of morpholine rings is 1. The summed E-state index contributed by atoms with van der Waals surface area (Å²) in [4.78, 5) is 84.2. The van der Waals surface area contributed by atoms with E-state index in [1.165, 1.54) is 26.5 Å². The predicted octanol–water partition coefficient (Wildman–Crippen LogP) is 12.9. The minimum absolute atomic E-state index is 0.000575. The molecule has 5 amide bonds. The Morgan fingerprint density at radius 3 is 2.17 bits per heavy atom. The maximum atomic E-state index is 14.3. The van der Waals surface area contributed by atoms with Crippen LogP contribution >= 0.6 is 34.7 Å². The van der Waals surface area contributed by atoms with Crippen molar-refractivity contribution in [3.63, 3.8) is 0 Å². The number of hydrogen-bond donors (Lipinski definition) is 6. The molecule has 17 nitrogen and oxygen atoms in total. The number of aryl methyl sites for hydroxylation is 2. The Kier molecular flexibility index (Phi) is 26.7. The number of aliphatic hydroxyl groups is 1. The van der Waals surface area contributed by atoms with E-state index in [1.807, 2.05) is 100 Å². The number of β-amino-alcohol motifs (C(OH)–C–C–N with tert-alkyl or cyclic N) is 1. The fourth-order valence-electron chi connectivity index (χ4n) is 14.0. The molecule has 0 saturated carbocycles. The standard InChI is InChI=1S/C79H103ClN10O7S2/c1-54-45-57(19-32-69(54)85-64(34-36-87-41-43-97-44-42-87)51-98-67-15-11-10-12-16-67)48-81-75(94)61-26-30-65(31-27-61)89-39-37-88(38-40-89)49-62-47-79(7,35-33-68(62)59-24-28-63(80)29-25-59)52-82-71(92)17-13-8-9-14-18-72(93)86-74(78(4,5)6)77(96)90-50-66(91)46-70(90)76(95)84-55(2)58-20-22-60(23-21-58)73-56(3)83-53-99-73/h10-12,15-16,19-32,45,53,55,64,66,70,74,85,91H,8-9,13-14,17-18,33-44,46-52H2,1-7H3,(H,81,94)(H,82,92)(H,84,95)(H,86,93)/t55-,64+,66+,70-,74+,79?/m0/s1. The van der Waals surface area contributed by atoms with Gasteiger partial charge in [0.1, 0.15) is 12.1 Å². The van der Waals surface area contributed by atoms with E-state index in [-0.39, 0.29) is 60.5 Å². The van der Waals surface area contributed by atoms with E-state index in [4.69, 9.17) is 16.3 Å². The number of anilines is 2. The van der Waals surface area contributed by atoms with Crippen molar-refractivity contribution >= 4 is 81.2 Å². The van der Waals surface area contributed by atoms with Crippen molar-refractivity contribution in [3.05, 3.63) is 171 Å². The van der Waals surface area contributed by atoms with Crippen LogP contribution in [-0.4, -0.2) is 163 Å². The second kappa shape index (κ2) is 35.5. The zero-order valence-electron chi connectivity index (χ0n) is 59.0. The molecule has 99 heavy (non-hydrogen) atoms. The summed E-state index contributed by atoms with van der Waals surface area (Å²) in [6, 6.07) is 39.4. The maximum absolute atomic E-state index is 14.3. The van der Waals surface area contributed by atoms with Gasteiger partial charge in [-0.05, 0) is 158 Å². The van der Waals surface area contributed by atoms with Gasteiger partial charge < -0.3 is 46.2 Å². The quantitative estimate of drug-likeness (QED) is 0.0184. The third-order valence-corrected chi connectivity index (χ3v) is 22.4. The predicted molar refractivity (Wildman–Crippen MR) is 401 cm³/mol. The van der Waals surface area contributed by atoms with E-state index in [0.717, 1.165) is 154 Å². The van der Waals surface area contributed by atoms with E-state index < -0.39 is 29.5 Å². The molecule has 10 rings (SSSR count). The lowest BCUT2D eigenvalue weighted by Gasteiger charge is -2.41. The van der Waals surface area contributed by atoms with Gasteiger partial charge in [0.25, 0.3) is 5.91 Å². The third kappa shape index (κ3) is 21.5. The zero-order chi connectivity index (χ0) is 70.1. The number of piperazine rings is 1. The van der Waals surface area contributed by atoms with Crippen molar-refractivity contribution in [1.82, 2.24) is 41.0 Å². The van der Waals surface area contributed by atoms with Crippen LogP contribution in [-0.2, 0) is 30.5 Å². The lowest BCUT2D eigenvalue weighted by molar-refractivity contribution is -0.144. The van der Waals surface area contributed by atoms with E-state index in [0.29, 0.717) is 42.9 Å². The van der Waals surface area contributed by atoms with Crippen molar-refractivity contribution in [1.29, 1.82) is 0 Å². The summed E-state index contributed by atoms with van der Waals surface area (Å²) in [5.41, 5.74) is 13.0. The lowest BCUT2D eigenvalue weighted by atomic mass is 9.71. The number of thiazole rings is 1. The first-order chi connectivity index (χ1) is 47.6. The Bertz CT molecular complexity index is 3680. The Balaban J connectivity index is 0.638. The molecule has 530 valence electrons. The van der Waals surface area contributed by atoms with E-state index in [9.17, 15) is 29.1 Å². The Labute approximate surface area is 600 Å². The second-order valence-electron chi connectivity index (χ2n) is 29.0. The highest BCUT2D eigenvalue weighted by atomic mass is 35.5. The van der Waals surface area contributed by atoms with E-state index in [1.54, 1.807) is 11.3 Å². The Hall–Kier alpha value is -7.10. The smallest absolute Gasteiger partial charge is 0.251 e. The second-order valence-corrected chi connectivity index (χ2v) is 31.4. The number of amides is 5. The van der Waals surface area contributed by atoms with Crippen LogP contribution in [0.25, 0.3) is 16.0 Å². The molecule has 1 aromatic heterocycles. The normalized spacial score (nSPS) is 19.5. The molecule has 1 aliphatic carbocycles. The van der Waals surface area contributed by atoms with Crippen molar-refractivity contribution in [2.45, 2.75) is 161 Å². The number of likely N-dealkylation sites (tertiary alicyclic amines) is 1. The molecule has 0 bridgehead atoms. The molecule has 0 spiro atoms. The van der Waals surface area contributed by atoms with Crippen LogP contribution in [0.3, 0.4) is 0 Å². The molecule has 4 aliphatic rings. The minimum Gasteiger partial charge on any atom is -0.391 e. The number of ether oxygens (including phenoxy) is 1. The average Bonchev–Trinajstić information content (AvgIpc) is 1.80. The number of unbranched alkanes of at least 4 members (excludes halogenated alkanes) is 3. The highest BCUT2D eigenvalue weighted by molar-refractivity contribution is 7.99. The molecule has 0 radical (unpaired) electrons. The van der Waals surface area contributed by atoms with Gasteiger partial charge in [0.2, 0.25) is 23.6 Å². The molecule has 3 saturated heterocycles. The number of carbonyl (C=O) groups is 5. The first-order valence-electron chi connectivity index (χ1n) is 35.7. The maximum Gasteiger partial charge on any atom is 0.251 e. The van der Waals surface area contributed by atoms with E-state index in [2.05, 4.69) is 133 Å². The number of aliphatic hydroxyl groups excluding tert-OH is 1. The van der Waals surface area contributed by atoms with Gasteiger partial charge in [-0.2, -0.15) is 0 Å². The van der Waals surface area contributed by atoms with Gasteiger partial charge in [-0.25, -0.2) is 4.98 Å². The minimum atomic E-state index is -0.909. The van der Waals surface area contributed by atoms with Crippen LogP contribution in [0, 0.1) is 24.7 Å². The number of benzene rings is 5. The number of thioether (sulfide) groups is 1. The van der Waals surface area contributed by atoms with Crippen molar-refractivity contribution in [3.8, 4) is 10.4 Å². The molecular formula is C79H103ClN10O7S2. The number of hydrogen-bond acceptors (Lipinski definition) is 14. The average molecular weight is 1400 g/mol. The summed E-state index contributed by atoms with van der Waals surface area (Å²) in [5.74, 6) is -0.101. The summed E-state index contributed by atoms with van der Waals surface area (Å²) in [5, 5.41) is 27.9. The number of nitrogens with zero attached hydrogens (tertiary/aromatic N) is 5. The number of halogens is 1. The molecule has 3 aliphatic heterocycles. The van der Waals surface area contributed by atoms with E-state index >= 15 is 0 Å². The van der Waals surface area contributed by atoms with Gasteiger partial charge in [-0.15, -0.1) is 23.1 Å². The van der Waals surface area contributed by atoms with Crippen LogP contribution in [0.2, 0.25) is 5.02 Å². The molecule has 5 aromatic carbocycles. The zero-order valence-corrected chi connectivity index (χ0v) is 61.4. The van der Waals surface area contributed by atoms with Gasteiger partial charge in [0, 0.05) is 130 Å². The Morgan fingerprint density at radius 2 is 1.49 bits per heavy atom. The molecule has 3 fully saturated rings. The first kappa shape index (κ1) is 74.6. The topological polar surface area (TPSA) is 201 Å². The van der Waals surface area contributed by atoms with Gasteiger partial charge in [-0.3, -0.25) is 33.8 Å². The van der Waals surface area contributed by atoms with Crippen molar-refractivity contribution in [2.24, 2.45) is 10.8 Å². The Morgan fingerprint density at radius 1 is 0.798 bits per heavy atom. The van der Waals surface area contributed by atoms with Crippen LogP contribution in [0.1, 0.15) is 150 Å². The van der Waals surface area contributed by atoms with Gasteiger partial charge in [0.05, 0.1) is 41.4 Å². The molecule has 6 aromatic rings. The largest absolute Gasteiger partial charge is 0.391 e. The fraction of sp³-hybridized carbons (Fsp3) is 0.494. The first-order valence-corrected chi connectivity index (χ1v) is 37.9. The highest BCUT2D eigenvalue weighted by Gasteiger charge is 2.45. The van der Waals surface area contributed by atoms with Gasteiger partial charge in [0.15, 0.2) is 0 Å². The number of aromatic nitrogens is 1. The summed E-state index contributed by atoms with van der Waals surface area (Å²) in [6.45, 7) is 23.9. The SMILES string of the molecule is Cc1cc(CNC(=O)c2ccc(N3CCN(CC4=C(c5ccc(Cl)cc5)CCC(C)(CNC(=O)CCCCCCC(=O)N[C@H](C(=O)N5C[C@H](O)C[C@H]5C(=O)N[C@@H](C)c5ccc(-c6scnc6C)cc5)C(C)(C)C)C4)CC3)cc2)ccc1N[C@H](CCN1CCOCC1)CSc1ccccc1. The van der Waals surface area contributed by atoms with Gasteiger partial charge in [-0.1, -0.05) is 124 Å². The summed E-state index contributed by atoms with van der Waals surface area (Å²) in [6.07, 6.45) is 6.44.